The van der Waals surface area contributed by atoms with Crippen molar-refractivity contribution in [1.82, 2.24) is 29.6 Å². The zero-order valence-corrected chi connectivity index (χ0v) is 15.0. The first kappa shape index (κ1) is 18.4. The molecule has 0 spiro atoms. The van der Waals surface area contributed by atoms with E-state index in [0.717, 1.165) is 10.2 Å². The largest absolute Gasteiger partial charge is 0.408 e. The van der Waals surface area contributed by atoms with Crippen molar-refractivity contribution in [1.29, 1.82) is 5.26 Å². The van der Waals surface area contributed by atoms with Crippen molar-refractivity contribution in [3.05, 3.63) is 48.4 Å². The lowest BCUT2D eigenvalue weighted by Crippen LogP contribution is -2.17. The molecule has 4 aromatic rings. The number of pyridine rings is 1. The minimum Gasteiger partial charge on any atom is -0.387 e. The highest BCUT2D eigenvalue weighted by molar-refractivity contribution is 5.78. The SMILES string of the molecule is CNc1cc(-c2ccc3cc(C#N)cnn23)ncc1-c1cn(CC(F)(F)F)nn1. The van der Waals surface area contributed by atoms with E-state index in [0.29, 0.717) is 28.2 Å². The maximum absolute atomic E-state index is 12.5. The number of fused-ring (bicyclic) bond motifs is 1. The second kappa shape index (κ2) is 6.90. The molecule has 0 saturated heterocycles. The lowest BCUT2D eigenvalue weighted by atomic mass is 10.1. The van der Waals surface area contributed by atoms with Crippen LogP contribution in [-0.4, -0.2) is 42.8 Å². The molecule has 0 unspecified atom stereocenters. The number of nitriles is 1. The zero-order valence-electron chi connectivity index (χ0n) is 15.0. The van der Waals surface area contributed by atoms with Crippen molar-refractivity contribution in [3.8, 4) is 28.7 Å². The third-order valence-corrected chi connectivity index (χ3v) is 4.22. The van der Waals surface area contributed by atoms with Gasteiger partial charge in [-0.1, -0.05) is 5.21 Å². The second-order valence-corrected chi connectivity index (χ2v) is 6.19. The normalized spacial score (nSPS) is 11.6. The van der Waals surface area contributed by atoms with Crippen molar-refractivity contribution in [2.45, 2.75) is 12.7 Å². The first-order valence-corrected chi connectivity index (χ1v) is 8.41. The van der Waals surface area contributed by atoms with Gasteiger partial charge in [-0.05, 0) is 24.3 Å². The van der Waals surface area contributed by atoms with E-state index in [4.69, 9.17) is 5.26 Å². The Morgan fingerprint density at radius 2 is 2.00 bits per heavy atom. The monoisotopic (exact) mass is 398 g/mol. The molecule has 0 aliphatic rings. The lowest BCUT2D eigenvalue weighted by molar-refractivity contribution is -0.142. The van der Waals surface area contributed by atoms with Crippen LogP contribution in [0.3, 0.4) is 0 Å². The van der Waals surface area contributed by atoms with Gasteiger partial charge in [0.05, 0.1) is 34.9 Å². The van der Waals surface area contributed by atoms with E-state index in [2.05, 4.69) is 25.7 Å². The Morgan fingerprint density at radius 1 is 1.17 bits per heavy atom. The quantitative estimate of drug-likeness (QED) is 0.567. The Hall–Kier alpha value is -3.94. The van der Waals surface area contributed by atoms with Crippen LogP contribution in [0.2, 0.25) is 0 Å². The minimum absolute atomic E-state index is 0.273. The Labute approximate surface area is 162 Å². The van der Waals surface area contributed by atoms with Crippen LogP contribution in [-0.2, 0) is 6.54 Å². The van der Waals surface area contributed by atoms with Gasteiger partial charge in [0.15, 0.2) is 0 Å². The number of halogens is 3. The molecule has 1 N–H and O–H groups in total. The van der Waals surface area contributed by atoms with Crippen molar-refractivity contribution in [2.24, 2.45) is 0 Å². The summed E-state index contributed by atoms with van der Waals surface area (Å²) in [5.74, 6) is 0. The van der Waals surface area contributed by atoms with Crippen LogP contribution >= 0.6 is 0 Å². The van der Waals surface area contributed by atoms with Gasteiger partial charge in [0.1, 0.15) is 18.3 Å². The molecule has 0 radical (unpaired) electrons. The molecule has 4 rings (SSSR count). The fraction of sp³-hybridized carbons (Fsp3) is 0.167. The maximum Gasteiger partial charge on any atom is 0.408 e. The summed E-state index contributed by atoms with van der Waals surface area (Å²) in [6.45, 7) is -1.22. The molecule has 0 bridgehead atoms. The number of nitrogens with zero attached hydrogens (tertiary/aromatic N) is 7. The summed E-state index contributed by atoms with van der Waals surface area (Å²) in [6, 6.07) is 9.15. The summed E-state index contributed by atoms with van der Waals surface area (Å²) < 4.78 is 40.0. The maximum atomic E-state index is 12.5. The molecule has 0 aliphatic carbocycles. The van der Waals surface area contributed by atoms with Crippen LogP contribution in [0.5, 0.6) is 0 Å². The van der Waals surface area contributed by atoms with Gasteiger partial charge in [-0.25, -0.2) is 9.20 Å². The predicted octanol–water partition coefficient (Wildman–Crippen LogP) is 3.13. The highest BCUT2D eigenvalue weighted by atomic mass is 19.4. The van der Waals surface area contributed by atoms with Crippen molar-refractivity contribution < 1.29 is 13.2 Å². The third-order valence-electron chi connectivity index (χ3n) is 4.22. The Bertz CT molecular complexity index is 1230. The molecule has 4 heterocycles. The van der Waals surface area contributed by atoms with E-state index in [1.807, 2.05) is 18.2 Å². The first-order chi connectivity index (χ1) is 13.9. The van der Waals surface area contributed by atoms with Crippen LogP contribution < -0.4 is 5.32 Å². The average molecular weight is 398 g/mol. The van der Waals surface area contributed by atoms with Gasteiger partial charge in [0, 0.05) is 24.5 Å². The molecule has 0 fully saturated rings. The summed E-state index contributed by atoms with van der Waals surface area (Å²) in [7, 11) is 1.69. The topological polar surface area (TPSA) is 96.7 Å². The summed E-state index contributed by atoms with van der Waals surface area (Å²) >= 11 is 0. The standard InChI is InChI=1S/C18H13F3N8/c1-23-14-5-15(17-3-2-12-4-11(6-22)7-25-29(12)17)24-8-13(14)16-9-28(27-26-16)10-18(19,20)21/h2-5,7-9H,10H2,1H3,(H,23,24). The predicted molar refractivity (Wildman–Crippen MR) is 97.8 cm³/mol. The number of alkyl halides is 3. The fourth-order valence-corrected chi connectivity index (χ4v) is 2.94. The van der Waals surface area contributed by atoms with E-state index in [1.165, 1.54) is 18.6 Å². The summed E-state index contributed by atoms with van der Waals surface area (Å²) in [5, 5.41) is 23.6. The molecule has 11 heteroatoms. The second-order valence-electron chi connectivity index (χ2n) is 6.19. The molecular formula is C18H13F3N8. The molecule has 29 heavy (non-hydrogen) atoms. The van der Waals surface area contributed by atoms with Crippen molar-refractivity contribution >= 4 is 11.2 Å². The molecule has 0 amide bonds. The summed E-state index contributed by atoms with van der Waals surface area (Å²) in [4.78, 5) is 4.42. The summed E-state index contributed by atoms with van der Waals surface area (Å²) in [6.07, 6.45) is -0.176. The van der Waals surface area contributed by atoms with Gasteiger partial charge in [-0.2, -0.15) is 23.5 Å². The van der Waals surface area contributed by atoms with Gasteiger partial charge in [0.2, 0.25) is 0 Å². The smallest absolute Gasteiger partial charge is 0.387 e. The van der Waals surface area contributed by atoms with Crippen LogP contribution in [0.15, 0.2) is 42.9 Å². The molecule has 8 nitrogen and oxygen atoms in total. The van der Waals surface area contributed by atoms with E-state index in [1.54, 1.807) is 23.7 Å². The van der Waals surface area contributed by atoms with Crippen LogP contribution in [0.1, 0.15) is 5.56 Å². The van der Waals surface area contributed by atoms with Crippen molar-refractivity contribution in [3.63, 3.8) is 0 Å². The van der Waals surface area contributed by atoms with E-state index >= 15 is 0 Å². The van der Waals surface area contributed by atoms with E-state index in [-0.39, 0.29) is 5.69 Å². The number of nitrogens with one attached hydrogen (secondary N) is 1. The van der Waals surface area contributed by atoms with Crippen LogP contribution in [0.4, 0.5) is 18.9 Å². The minimum atomic E-state index is -4.38. The Balaban J connectivity index is 1.72. The molecule has 0 saturated carbocycles. The number of rotatable bonds is 4. The van der Waals surface area contributed by atoms with Gasteiger partial charge < -0.3 is 5.32 Å². The van der Waals surface area contributed by atoms with Crippen LogP contribution in [0, 0.1) is 11.3 Å². The van der Waals surface area contributed by atoms with Gasteiger partial charge in [0.25, 0.3) is 0 Å². The average Bonchev–Trinajstić information content (AvgIpc) is 3.32. The first-order valence-electron chi connectivity index (χ1n) is 8.41. The van der Waals surface area contributed by atoms with E-state index in [9.17, 15) is 13.2 Å². The molecule has 0 aliphatic heterocycles. The Kier molecular flexibility index (Phi) is 4.38. The number of aromatic nitrogens is 6. The van der Waals surface area contributed by atoms with Gasteiger partial charge >= 0.3 is 6.18 Å². The number of anilines is 1. The number of hydrogen-bond acceptors (Lipinski definition) is 6. The highest BCUT2D eigenvalue weighted by Gasteiger charge is 2.29. The van der Waals surface area contributed by atoms with Gasteiger partial charge in [-0.15, -0.1) is 5.10 Å². The molecule has 146 valence electrons. The van der Waals surface area contributed by atoms with Crippen LogP contribution in [0.25, 0.3) is 28.2 Å². The van der Waals surface area contributed by atoms with E-state index < -0.39 is 12.7 Å². The molecule has 0 aromatic carbocycles. The zero-order chi connectivity index (χ0) is 20.6. The third kappa shape index (κ3) is 3.60. The lowest BCUT2D eigenvalue weighted by Gasteiger charge is -2.09. The van der Waals surface area contributed by atoms with Crippen molar-refractivity contribution in [2.75, 3.05) is 12.4 Å². The number of hydrogen-bond donors (Lipinski definition) is 1. The highest BCUT2D eigenvalue weighted by Crippen LogP contribution is 2.30. The Morgan fingerprint density at radius 3 is 2.72 bits per heavy atom. The fourth-order valence-electron chi connectivity index (χ4n) is 2.94. The molecule has 0 atom stereocenters. The molecule has 4 aromatic heterocycles. The van der Waals surface area contributed by atoms with Gasteiger partial charge in [-0.3, -0.25) is 4.98 Å². The summed E-state index contributed by atoms with van der Waals surface area (Å²) in [5.41, 5.74) is 3.90. The molecular weight excluding hydrogens is 385 g/mol.